The van der Waals surface area contributed by atoms with Crippen LogP contribution in [0.4, 0.5) is 0 Å². The molecule has 0 fully saturated rings. The fraction of sp³-hybridized carbons (Fsp3) is 0.667. The molecule has 0 saturated carbocycles. The third-order valence-electron chi connectivity index (χ3n) is 6.75. The zero-order valence-electron chi connectivity index (χ0n) is 28.7. The summed E-state index contributed by atoms with van der Waals surface area (Å²) in [6, 6.07) is 0. The molecule has 0 heterocycles. The molecule has 0 aliphatic heterocycles. The topological polar surface area (TPSA) is 149 Å². The van der Waals surface area contributed by atoms with E-state index >= 15 is 0 Å². The highest BCUT2D eigenvalue weighted by Crippen LogP contribution is 2.43. The van der Waals surface area contributed by atoms with Crippen LogP contribution < -0.4 is 0 Å². The van der Waals surface area contributed by atoms with E-state index in [0.717, 1.165) is 64.2 Å². The first-order valence-electron chi connectivity index (χ1n) is 17.3. The maximum Gasteiger partial charge on any atom is 0.472 e. The van der Waals surface area contributed by atoms with Crippen molar-refractivity contribution in [1.82, 2.24) is 0 Å². The van der Waals surface area contributed by atoms with E-state index in [-0.39, 0.29) is 19.4 Å². The molecule has 0 aromatic heterocycles. The zero-order chi connectivity index (χ0) is 34.9. The Morgan fingerprint density at radius 3 is 1.85 bits per heavy atom. The molecule has 0 radical (unpaired) electrons. The van der Waals surface area contributed by atoms with Gasteiger partial charge in [-0.05, 0) is 51.4 Å². The van der Waals surface area contributed by atoms with Gasteiger partial charge in [-0.2, -0.15) is 0 Å². The fourth-order valence-corrected chi connectivity index (χ4v) is 4.83. The van der Waals surface area contributed by atoms with Gasteiger partial charge in [0.1, 0.15) is 12.7 Å². The highest BCUT2D eigenvalue weighted by Gasteiger charge is 2.27. The highest BCUT2D eigenvalue weighted by atomic mass is 31.2. The molecule has 0 aromatic rings. The Bertz CT molecular complexity index is 973. The van der Waals surface area contributed by atoms with Crippen LogP contribution in [0.3, 0.4) is 0 Å². The molecule has 0 saturated heterocycles. The number of aliphatic hydroxyl groups is 2. The van der Waals surface area contributed by atoms with Crippen LogP contribution >= 0.6 is 7.82 Å². The number of rotatable bonds is 31. The van der Waals surface area contributed by atoms with E-state index in [1.54, 1.807) is 0 Å². The van der Waals surface area contributed by atoms with Gasteiger partial charge < -0.3 is 24.6 Å². The minimum absolute atomic E-state index is 0.134. The summed E-state index contributed by atoms with van der Waals surface area (Å²) in [6.07, 6.45) is 32.0. The lowest BCUT2D eigenvalue weighted by Gasteiger charge is -2.20. The van der Waals surface area contributed by atoms with Gasteiger partial charge in [-0.15, -0.1) is 0 Å². The van der Waals surface area contributed by atoms with Crippen molar-refractivity contribution >= 4 is 19.8 Å². The molecule has 3 atom stereocenters. The van der Waals surface area contributed by atoms with Gasteiger partial charge in [0.05, 0.1) is 19.8 Å². The van der Waals surface area contributed by atoms with E-state index in [9.17, 15) is 24.2 Å². The third-order valence-corrected chi connectivity index (χ3v) is 7.70. The van der Waals surface area contributed by atoms with Crippen molar-refractivity contribution in [1.29, 1.82) is 0 Å². The second kappa shape index (κ2) is 32.2. The lowest BCUT2D eigenvalue weighted by Crippen LogP contribution is -2.29. The summed E-state index contributed by atoms with van der Waals surface area (Å²) in [6.45, 7) is 2.09. The first-order valence-corrected chi connectivity index (χ1v) is 18.8. The lowest BCUT2D eigenvalue weighted by molar-refractivity contribution is -0.161. The first-order chi connectivity index (χ1) is 22.7. The van der Waals surface area contributed by atoms with Gasteiger partial charge in [0, 0.05) is 12.8 Å². The molecular weight excluding hydrogens is 623 g/mol. The maximum atomic E-state index is 12.5. The average Bonchev–Trinajstić information content (AvgIpc) is 3.05. The van der Waals surface area contributed by atoms with Crippen LogP contribution in [0.25, 0.3) is 0 Å². The maximum absolute atomic E-state index is 12.5. The molecule has 0 aromatic carbocycles. The molecule has 0 amide bonds. The number of carbonyl (C=O) groups excluding carboxylic acids is 2. The SMILES string of the molecule is CC/C=C/C=C/C=C/C=C/CCCCCC(=O)OC(COC(=O)CCCCCCC/C=C/CCCC)COP(=O)(O)OC[C@@H](O)CO. The molecule has 3 N–H and O–H groups in total. The summed E-state index contributed by atoms with van der Waals surface area (Å²) in [5.74, 6) is -0.992. The van der Waals surface area contributed by atoms with Gasteiger partial charge in [-0.3, -0.25) is 18.6 Å². The molecule has 11 heteroatoms. The van der Waals surface area contributed by atoms with Crippen molar-refractivity contribution in [2.45, 2.75) is 129 Å². The number of hydrogen-bond acceptors (Lipinski definition) is 9. The number of unbranched alkanes of at least 4 members (excludes halogenated alkanes) is 10. The number of carbonyl (C=O) groups is 2. The summed E-state index contributed by atoms with van der Waals surface area (Å²) < 4.78 is 32.4. The number of phosphoric acid groups is 1. The smallest absolute Gasteiger partial charge is 0.462 e. The quantitative estimate of drug-likeness (QED) is 0.0216. The van der Waals surface area contributed by atoms with E-state index in [2.05, 4.69) is 42.7 Å². The normalized spacial score (nSPS) is 14.9. The van der Waals surface area contributed by atoms with Crippen molar-refractivity contribution in [3.8, 4) is 0 Å². The minimum atomic E-state index is -4.62. The number of hydrogen-bond donors (Lipinski definition) is 3. The summed E-state index contributed by atoms with van der Waals surface area (Å²) >= 11 is 0. The van der Waals surface area contributed by atoms with E-state index in [1.165, 1.54) is 12.8 Å². The molecular formula is C36H61O10P. The van der Waals surface area contributed by atoms with E-state index < -0.39 is 51.8 Å². The molecule has 10 nitrogen and oxygen atoms in total. The van der Waals surface area contributed by atoms with Crippen molar-refractivity contribution in [2.24, 2.45) is 0 Å². The van der Waals surface area contributed by atoms with Gasteiger partial charge in [-0.1, -0.05) is 113 Å². The van der Waals surface area contributed by atoms with Crippen LogP contribution in [-0.2, 0) is 32.7 Å². The Balaban J connectivity index is 4.54. The fourth-order valence-electron chi connectivity index (χ4n) is 4.04. The van der Waals surface area contributed by atoms with Crippen LogP contribution in [-0.4, -0.2) is 65.7 Å². The number of phosphoric ester groups is 1. The summed E-state index contributed by atoms with van der Waals surface area (Å²) in [5.41, 5.74) is 0. The average molecular weight is 685 g/mol. The van der Waals surface area contributed by atoms with Crippen LogP contribution in [0, 0.1) is 0 Å². The van der Waals surface area contributed by atoms with Crippen molar-refractivity contribution in [2.75, 3.05) is 26.4 Å². The Hall–Kier alpha value is -2.33. The van der Waals surface area contributed by atoms with Crippen LogP contribution in [0.1, 0.15) is 117 Å². The molecule has 47 heavy (non-hydrogen) atoms. The summed E-state index contributed by atoms with van der Waals surface area (Å²) in [7, 11) is -4.62. The van der Waals surface area contributed by atoms with Gasteiger partial charge in [0.2, 0.25) is 0 Å². The molecule has 0 spiro atoms. The van der Waals surface area contributed by atoms with Crippen molar-refractivity contribution in [3.63, 3.8) is 0 Å². The number of esters is 2. The van der Waals surface area contributed by atoms with Crippen LogP contribution in [0.5, 0.6) is 0 Å². The molecule has 2 unspecified atom stereocenters. The Morgan fingerprint density at radius 2 is 1.19 bits per heavy atom. The summed E-state index contributed by atoms with van der Waals surface area (Å²) in [5, 5.41) is 18.2. The van der Waals surface area contributed by atoms with Gasteiger partial charge >= 0.3 is 19.8 Å². The zero-order valence-corrected chi connectivity index (χ0v) is 29.6. The largest absolute Gasteiger partial charge is 0.472 e. The molecule has 0 rings (SSSR count). The van der Waals surface area contributed by atoms with Gasteiger partial charge in [0.25, 0.3) is 0 Å². The third kappa shape index (κ3) is 32.0. The van der Waals surface area contributed by atoms with E-state index in [0.29, 0.717) is 12.8 Å². The molecule has 0 aliphatic carbocycles. The van der Waals surface area contributed by atoms with Gasteiger partial charge in [0.15, 0.2) is 6.10 Å². The minimum Gasteiger partial charge on any atom is -0.462 e. The highest BCUT2D eigenvalue weighted by molar-refractivity contribution is 7.47. The van der Waals surface area contributed by atoms with Crippen molar-refractivity contribution in [3.05, 3.63) is 60.8 Å². The standard InChI is InChI=1S/C36H61O10P/c1-3-5-7-9-11-13-15-16-18-20-22-24-26-28-36(40)46-34(32-45-47(41,42)44-30-33(38)29-37)31-43-35(39)27-25-23-21-19-17-14-12-10-8-6-4-2/h5,7,9-13,15-16,18,33-34,37-38H,3-4,6,8,14,17,19-32H2,1-2H3,(H,41,42)/b7-5+,11-9+,12-10+,15-13+,18-16+/t33-,34?/m0/s1. The second-order valence-electron chi connectivity index (χ2n) is 11.2. The molecule has 270 valence electrons. The summed E-state index contributed by atoms with van der Waals surface area (Å²) in [4.78, 5) is 34.7. The first kappa shape index (κ1) is 44.7. The van der Waals surface area contributed by atoms with Crippen LogP contribution in [0.15, 0.2) is 60.8 Å². The van der Waals surface area contributed by atoms with Gasteiger partial charge in [-0.25, -0.2) is 4.57 Å². The number of allylic oxidation sites excluding steroid dienone is 10. The Labute approximate surface area is 283 Å². The van der Waals surface area contributed by atoms with E-state index in [1.807, 2.05) is 36.5 Å². The van der Waals surface area contributed by atoms with E-state index in [4.69, 9.17) is 19.1 Å². The van der Waals surface area contributed by atoms with Crippen LogP contribution in [0.2, 0.25) is 0 Å². The lowest BCUT2D eigenvalue weighted by atomic mass is 10.1. The Kier molecular flexibility index (Phi) is 30.6. The predicted octanol–water partition coefficient (Wildman–Crippen LogP) is 7.99. The Morgan fingerprint density at radius 1 is 0.660 bits per heavy atom. The van der Waals surface area contributed by atoms with Crippen molar-refractivity contribution < 1.29 is 47.8 Å². The second-order valence-corrected chi connectivity index (χ2v) is 12.7. The molecule has 0 bridgehead atoms. The number of ether oxygens (including phenoxy) is 2. The predicted molar refractivity (Wildman–Crippen MR) is 187 cm³/mol. The monoisotopic (exact) mass is 684 g/mol. The number of aliphatic hydroxyl groups excluding tert-OH is 2. The molecule has 0 aliphatic rings.